The lowest BCUT2D eigenvalue weighted by Gasteiger charge is -2.10. The summed E-state index contributed by atoms with van der Waals surface area (Å²) in [5.74, 6) is -0.0101. The molecule has 0 aliphatic rings. The van der Waals surface area contributed by atoms with E-state index in [4.69, 9.17) is 22.1 Å². The second-order valence-corrected chi connectivity index (χ2v) is 4.72. The van der Waals surface area contributed by atoms with E-state index in [1.54, 1.807) is 18.8 Å². The number of carbonyl (C=O) groups is 1. The standard InChI is InChI=1S/C12H20ClN3O2/c1-8-9(12(13)16(2)15-8)7-11(17)10(14)5-4-6-18-3/h10H,4-7,14H2,1-3H3. The summed E-state index contributed by atoms with van der Waals surface area (Å²) in [4.78, 5) is 12.0. The van der Waals surface area contributed by atoms with Crippen molar-refractivity contribution in [1.29, 1.82) is 0 Å². The zero-order valence-corrected chi connectivity index (χ0v) is 11.8. The summed E-state index contributed by atoms with van der Waals surface area (Å²) in [7, 11) is 3.38. The predicted octanol–water partition coefficient (Wildman–Crippen LogP) is 1.25. The largest absolute Gasteiger partial charge is 0.385 e. The third kappa shape index (κ3) is 3.80. The smallest absolute Gasteiger partial charge is 0.154 e. The number of carbonyl (C=O) groups excluding carboxylic acids is 1. The van der Waals surface area contributed by atoms with Crippen LogP contribution in [0.3, 0.4) is 0 Å². The minimum atomic E-state index is -0.462. The van der Waals surface area contributed by atoms with Gasteiger partial charge in [0.2, 0.25) is 0 Å². The van der Waals surface area contributed by atoms with Gasteiger partial charge in [-0.3, -0.25) is 9.48 Å². The molecule has 0 aliphatic carbocycles. The highest BCUT2D eigenvalue weighted by Crippen LogP contribution is 2.19. The molecule has 1 heterocycles. The van der Waals surface area contributed by atoms with Crippen LogP contribution in [0.1, 0.15) is 24.1 Å². The van der Waals surface area contributed by atoms with Crippen LogP contribution in [0.5, 0.6) is 0 Å². The third-order valence-electron chi connectivity index (χ3n) is 2.90. The zero-order chi connectivity index (χ0) is 13.7. The van der Waals surface area contributed by atoms with Gasteiger partial charge >= 0.3 is 0 Å². The fourth-order valence-electron chi connectivity index (χ4n) is 1.79. The Balaban J connectivity index is 2.58. The van der Waals surface area contributed by atoms with Crippen LogP contribution >= 0.6 is 11.6 Å². The Kier molecular flexibility index (Phi) is 5.78. The van der Waals surface area contributed by atoms with Gasteiger partial charge in [0.15, 0.2) is 5.78 Å². The molecular weight excluding hydrogens is 254 g/mol. The van der Waals surface area contributed by atoms with E-state index < -0.39 is 6.04 Å². The molecule has 0 saturated heterocycles. The van der Waals surface area contributed by atoms with Crippen LogP contribution in [0.4, 0.5) is 0 Å². The van der Waals surface area contributed by atoms with Crippen LogP contribution in [0, 0.1) is 6.92 Å². The molecular formula is C12H20ClN3O2. The van der Waals surface area contributed by atoms with Crippen molar-refractivity contribution in [2.24, 2.45) is 12.8 Å². The molecule has 0 saturated carbocycles. The molecule has 2 N–H and O–H groups in total. The first-order valence-corrected chi connectivity index (χ1v) is 6.30. The third-order valence-corrected chi connectivity index (χ3v) is 3.37. The molecule has 102 valence electrons. The van der Waals surface area contributed by atoms with E-state index in [1.165, 1.54) is 0 Å². The Morgan fingerprint density at radius 2 is 2.28 bits per heavy atom. The Morgan fingerprint density at radius 1 is 1.61 bits per heavy atom. The summed E-state index contributed by atoms with van der Waals surface area (Å²) in [6.45, 7) is 2.46. The molecule has 0 aliphatic heterocycles. The Hall–Kier alpha value is -0.910. The van der Waals surface area contributed by atoms with Gasteiger partial charge in [-0.05, 0) is 19.8 Å². The maximum absolute atomic E-state index is 12.0. The van der Waals surface area contributed by atoms with Gasteiger partial charge in [0.1, 0.15) is 5.15 Å². The average molecular weight is 274 g/mol. The molecule has 6 heteroatoms. The van der Waals surface area contributed by atoms with Gasteiger partial charge in [-0.25, -0.2) is 0 Å². The number of ether oxygens (including phenoxy) is 1. The number of Topliss-reactive ketones (excluding diaryl/α,β-unsaturated/α-hetero) is 1. The van der Waals surface area contributed by atoms with Crippen LogP contribution in [-0.2, 0) is 23.0 Å². The quantitative estimate of drug-likeness (QED) is 0.759. The fraction of sp³-hybridized carbons (Fsp3) is 0.667. The molecule has 1 rings (SSSR count). The van der Waals surface area contributed by atoms with Crippen molar-refractivity contribution in [3.8, 4) is 0 Å². The van der Waals surface area contributed by atoms with E-state index in [0.29, 0.717) is 18.2 Å². The number of hydrogen-bond donors (Lipinski definition) is 1. The summed E-state index contributed by atoms with van der Waals surface area (Å²) >= 11 is 6.08. The van der Waals surface area contributed by atoms with E-state index in [1.807, 2.05) is 6.92 Å². The van der Waals surface area contributed by atoms with Crippen molar-refractivity contribution >= 4 is 17.4 Å². The summed E-state index contributed by atoms with van der Waals surface area (Å²) in [6.07, 6.45) is 1.65. The van der Waals surface area contributed by atoms with Crippen LogP contribution in [0.25, 0.3) is 0 Å². The molecule has 0 aromatic carbocycles. The summed E-state index contributed by atoms with van der Waals surface area (Å²) in [6, 6.07) is -0.462. The van der Waals surface area contributed by atoms with Gasteiger partial charge in [-0.2, -0.15) is 5.10 Å². The maximum Gasteiger partial charge on any atom is 0.154 e. The van der Waals surface area contributed by atoms with Gasteiger partial charge in [0.25, 0.3) is 0 Å². The van der Waals surface area contributed by atoms with Gasteiger partial charge in [-0.1, -0.05) is 11.6 Å². The molecule has 0 radical (unpaired) electrons. The maximum atomic E-state index is 12.0. The zero-order valence-electron chi connectivity index (χ0n) is 11.1. The minimum Gasteiger partial charge on any atom is -0.385 e. The number of aromatic nitrogens is 2. The SMILES string of the molecule is COCCCC(N)C(=O)Cc1c(C)nn(C)c1Cl. The van der Waals surface area contributed by atoms with Crippen molar-refractivity contribution in [2.45, 2.75) is 32.2 Å². The van der Waals surface area contributed by atoms with Crippen LogP contribution in [0.15, 0.2) is 0 Å². The lowest BCUT2D eigenvalue weighted by Crippen LogP contribution is -2.32. The lowest BCUT2D eigenvalue weighted by molar-refractivity contribution is -0.119. The minimum absolute atomic E-state index is 0.0101. The topological polar surface area (TPSA) is 70.1 Å². The van der Waals surface area contributed by atoms with E-state index in [2.05, 4.69) is 5.10 Å². The first-order valence-electron chi connectivity index (χ1n) is 5.92. The molecule has 0 amide bonds. The number of hydrogen-bond acceptors (Lipinski definition) is 4. The Morgan fingerprint density at radius 3 is 2.78 bits per heavy atom. The number of rotatable bonds is 7. The number of nitrogens with zero attached hydrogens (tertiary/aromatic N) is 2. The molecule has 1 unspecified atom stereocenters. The normalized spacial score (nSPS) is 12.7. The molecule has 0 fully saturated rings. The second-order valence-electron chi connectivity index (χ2n) is 4.36. The average Bonchev–Trinajstić information content (AvgIpc) is 2.56. The molecule has 1 aromatic rings. The number of nitrogens with two attached hydrogens (primary N) is 1. The molecule has 18 heavy (non-hydrogen) atoms. The van der Waals surface area contributed by atoms with Gasteiger partial charge in [0.05, 0.1) is 11.7 Å². The molecule has 1 aromatic heterocycles. The van der Waals surface area contributed by atoms with Crippen molar-refractivity contribution in [3.05, 3.63) is 16.4 Å². The number of aryl methyl sites for hydroxylation is 2. The van der Waals surface area contributed by atoms with Gasteiger partial charge in [-0.15, -0.1) is 0 Å². The van der Waals surface area contributed by atoms with Gasteiger partial charge in [0, 0.05) is 32.7 Å². The van der Waals surface area contributed by atoms with E-state index in [9.17, 15) is 4.79 Å². The van der Waals surface area contributed by atoms with E-state index in [0.717, 1.165) is 17.7 Å². The van der Waals surface area contributed by atoms with Crippen molar-refractivity contribution in [1.82, 2.24) is 9.78 Å². The van der Waals surface area contributed by atoms with Crippen molar-refractivity contribution in [2.75, 3.05) is 13.7 Å². The molecule has 1 atom stereocenters. The van der Waals surface area contributed by atoms with Crippen molar-refractivity contribution < 1.29 is 9.53 Å². The van der Waals surface area contributed by atoms with Crippen LogP contribution in [0.2, 0.25) is 5.15 Å². The molecule has 0 spiro atoms. The molecule has 0 bridgehead atoms. The summed E-state index contributed by atoms with van der Waals surface area (Å²) < 4.78 is 6.50. The lowest BCUT2D eigenvalue weighted by atomic mass is 10.0. The van der Waals surface area contributed by atoms with Crippen molar-refractivity contribution in [3.63, 3.8) is 0 Å². The predicted molar refractivity (Wildman–Crippen MR) is 70.8 cm³/mol. The van der Waals surface area contributed by atoms with Crippen LogP contribution < -0.4 is 5.73 Å². The highest BCUT2D eigenvalue weighted by molar-refractivity contribution is 6.30. The molecule has 5 nitrogen and oxygen atoms in total. The second kappa shape index (κ2) is 6.87. The highest BCUT2D eigenvalue weighted by atomic mass is 35.5. The summed E-state index contributed by atoms with van der Waals surface area (Å²) in [5.41, 5.74) is 7.38. The summed E-state index contributed by atoms with van der Waals surface area (Å²) in [5, 5.41) is 4.67. The van der Waals surface area contributed by atoms with E-state index >= 15 is 0 Å². The Bertz CT molecular complexity index is 418. The van der Waals surface area contributed by atoms with Crippen LogP contribution in [-0.4, -0.2) is 35.3 Å². The Labute approximate surface area is 112 Å². The first kappa shape index (κ1) is 15.1. The monoisotopic (exact) mass is 273 g/mol. The van der Waals surface area contributed by atoms with E-state index in [-0.39, 0.29) is 12.2 Å². The highest BCUT2D eigenvalue weighted by Gasteiger charge is 2.19. The fourth-order valence-corrected chi connectivity index (χ4v) is 2.03. The number of methoxy groups -OCH3 is 1. The number of halogens is 1. The number of ketones is 1. The first-order chi connectivity index (χ1) is 8.47. The van der Waals surface area contributed by atoms with Gasteiger partial charge < -0.3 is 10.5 Å².